The van der Waals surface area contributed by atoms with Crippen LogP contribution in [0.2, 0.25) is 0 Å². The summed E-state index contributed by atoms with van der Waals surface area (Å²) in [6, 6.07) is 8.33. The summed E-state index contributed by atoms with van der Waals surface area (Å²) in [4.78, 5) is 2.29. The lowest BCUT2D eigenvalue weighted by Crippen LogP contribution is -2.32. The molecule has 1 fully saturated rings. The average molecular weight is 292 g/mol. The zero-order chi connectivity index (χ0) is 14.9. The topological polar surface area (TPSA) is 33.7 Å². The smallest absolute Gasteiger partial charge is 0.119 e. The van der Waals surface area contributed by atoms with Gasteiger partial charge in [-0.25, -0.2) is 0 Å². The van der Waals surface area contributed by atoms with E-state index >= 15 is 0 Å². The molecule has 0 aromatic heterocycles. The molecule has 1 N–H and O–H groups in total. The average Bonchev–Trinajstić information content (AvgIpc) is 2.99. The fourth-order valence-corrected chi connectivity index (χ4v) is 2.52. The minimum absolute atomic E-state index is 0.417. The molecule has 1 aromatic carbocycles. The van der Waals surface area contributed by atoms with Gasteiger partial charge in [-0.05, 0) is 44.1 Å². The van der Waals surface area contributed by atoms with Crippen LogP contribution in [0.1, 0.15) is 25.3 Å². The summed E-state index contributed by atoms with van der Waals surface area (Å²) in [6.45, 7) is 7.61. The summed E-state index contributed by atoms with van der Waals surface area (Å²) in [5.74, 6) is 0.945. The quantitative estimate of drug-likeness (QED) is 0.757. The van der Waals surface area contributed by atoms with Crippen LogP contribution in [0.15, 0.2) is 24.3 Å². The molecular formula is C17H28N2O2. The van der Waals surface area contributed by atoms with Gasteiger partial charge in [-0.3, -0.25) is 0 Å². The van der Waals surface area contributed by atoms with Crippen molar-refractivity contribution in [3.05, 3.63) is 29.8 Å². The Morgan fingerprint density at radius 1 is 1.33 bits per heavy atom. The molecule has 1 atom stereocenters. The summed E-state index contributed by atoms with van der Waals surface area (Å²) in [5.41, 5.74) is 1.29. The third kappa shape index (κ3) is 6.04. The van der Waals surface area contributed by atoms with Crippen LogP contribution in [0.25, 0.3) is 0 Å². The van der Waals surface area contributed by atoms with Gasteiger partial charge in [0.15, 0.2) is 0 Å². The van der Waals surface area contributed by atoms with Crippen LogP contribution < -0.4 is 10.1 Å². The molecule has 0 spiro atoms. The van der Waals surface area contributed by atoms with E-state index in [1.807, 2.05) is 12.1 Å². The Balaban J connectivity index is 1.63. The number of nitrogens with one attached hydrogen (secondary N) is 1. The summed E-state index contributed by atoms with van der Waals surface area (Å²) in [7, 11) is 2.13. The summed E-state index contributed by atoms with van der Waals surface area (Å²) in [5, 5.41) is 3.32. The molecule has 4 nitrogen and oxygen atoms in total. The van der Waals surface area contributed by atoms with Gasteiger partial charge in [-0.2, -0.15) is 0 Å². The number of hydrogen-bond donors (Lipinski definition) is 1. The monoisotopic (exact) mass is 292 g/mol. The van der Waals surface area contributed by atoms with Crippen molar-refractivity contribution in [1.82, 2.24) is 10.2 Å². The van der Waals surface area contributed by atoms with Gasteiger partial charge in [0.2, 0.25) is 0 Å². The maximum atomic E-state index is 5.80. The van der Waals surface area contributed by atoms with E-state index in [-0.39, 0.29) is 0 Å². The van der Waals surface area contributed by atoms with Crippen molar-refractivity contribution in [2.45, 2.75) is 32.4 Å². The number of hydrogen-bond acceptors (Lipinski definition) is 4. The summed E-state index contributed by atoms with van der Waals surface area (Å²) >= 11 is 0. The van der Waals surface area contributed by atoms with Crippen LogP contribution in [0.3, 0.4) is 0 Å². The molecular weight excluding hydrogens is 264 g/mol. The van der Waals surface area contributed by atoms with Gasteiger partial charge >= 0.3 is 0 Å². The highest BCUT2D eigenvalue weighted by atomic mass is 16.5. The maximum Gasteiger partial charge on any atom is 0.119 e. The number of rotatable bonds is 9. The Kier molecular flexibility index (Phi) is 7.00. The van der Waals surface area contributed by atoms with E-state index in [9.17, 15) is 0 Å². The first-order chi connectivity index (χ1) is 10.3. The molecule has 0 amide bonds. The Morgan fingerprint density at radius 3 is 2.81 bits per heavy atom. The molecule has 1 saturated heterocycles. The summed E-state index contributed by atoms with van der Waals surface area (Å²) < 4.78 is 11.4. The fourth-order valence-electron chi connectivity index (χ4n) is 2.52. The number of likely N-dealkylation sites (N-methyl/N-ethyl adjacent to an activating group) is 1. The van der Waals surface area contributed by atoms with Crippen molar-refractivity contribution in [3.8, 4) is 5.75 Å². The molecule has 0 saturated carbocycles. The number of benzene rings is 1. The molecule has 1 unspecified atom stereocenters. The van der Waals surface area contributed by atoms with Crippen LogP contribution in [0.5, 0.6) is 5.75 Å². The van der Waals surface area contributed by atoms with E-state index in [0.717, 1.165) is 45.1 Å². The number of nitrogens with zero attached hydrogens (tertiary/aromatic N) is 1. The van der Waals surface area contributed by atoms with E-state index in [2.05, 4.69) is 36.3 Å². The van der Waals surface area contributed by atoms with Crippen LogP contribution in [0, 0.1) is 0 Å². The van der Waals surface area contributed by atoms with E-state index in [0.29, 0.717) is 6.10 Å². The van der Waals surface area contributed by atoms with Crippen LogP contribution in [-0.4, -0.2) is 50.9 Å². The zero-order valence-corrected chi connectivity index (χ0v) is 13.3. The van der Waals surface area contributed by atoms with Gasteiger partial charge in [-0.15, -0.1) is 0 Å². The molecule has 1 aliphatic heterocycles. The molecule has 2 rings (SSSR count). The predicted molar refractivity (Wildman–Crippen MR) is 85.8 cm³/mol. The van der Waals surface area contributed by atoms with Gasteiger partial charge in [-0.1, -0.05) is 19.1 Å². The van der Waals surface area contributed by atoms with E-state index in [1.54, 1.807) is 0 Å². The number of ether oxygens (including phenoxy) is 2. The summed E-state index contributed by atoms with van der Waals surface area (Å²) in [6.07, 6.45) is 2.81. The fraction of sp³-hybridized carbons (Fsp3) is 0.647. The third-order valence-electron chi connectivity index (χ3n) is 3.78. The minimum Gasteiger partial charge on any atom is -0.492 e. The molecule has 0 bridgehead atoms. The van der Waals surface area contributed by atoms with Gasteiger partial charge in [0.05, 0.1) is 6.10 Å². The molecule has 0 aliphatic carbocycles. The molecule has 1 aliphatic rings. The Bertz CT molecular complexity index is 388. The normalized spacial score (nSPS) is 18.3. The van der Waals surface area contributed by atoms with Crippen molar-refractivity contribution in [2.24, 2.45) is 0 Å². The maximum absolute atomic E-state index is 5.80. The van der Waals surface area contributed by atoms with Crippen molar-refractivity contribution >= 4 is 0 Å². The highest BCUT2D eigenvalue weighted by Gasteiger charge is 2.16. The first kappa shape index (κ1) is 16.3. The second kappa shape index (κ2) is 9.03. The molecule has 1 heterocycles. The third-order valence-corrected chi connectivity index (χ3v) is 3.78. The van der Waals surface area contributed by atoms with Crippen LogP contribution in [0.4, 0.5) is 0 Å². The molecule has 118 valence electrons. The first-order valence-electron chi connectivity index (χ1n) is 8.00. The second-order valence-corrected chi connectivity index (χ2v) is 5.67. The highest BCUT2D eigenvalue weighted by molar-refractivity contribution is 5.27. The minimum atomic E-state index is 0.417. The lowest BCUT2D eigenvalue weighted by atomic mass is 10.2. The predicted octanol–water partition coefficient (Wildman–Crippen LogP) is 2.29. The van der Waals surface area contributed by atoms with Gasteiger partial charge in [0.25, 0.3) is 0 Å². The van der Waals surface area contributed by atoms with Gasteiger partial charge in [0, 0.05) is 26.2 Å². The van der Waals surface area contributed by atoms with Crippen molar-refractivity contribution in [1.29, 1.82) is 0 Å². The largest absolute Gasteiger partial charge is 0.492 e. The van der Waals surface area contributed by atoms with E-state index in [4.69, 9.17) is 9.47 Å². The van der Waals surface area contributed by atoms with Crippen LogP contribution in [-0.2, 0) is 11.3 Å². The van der Waals surface area contributed by atoms with E-state index in [1.165, 1.54) is 18.4 Å². The highest BCUT2D eigenvalue weighted by Crippen LogP contribution is 2.14. The molecule has 4 heteroatoms. The van der Waals surface area contributed by atoms with Crippen LogP contribution >= 0.6 is 0 Å². The van der Waals surface area contributed by atoms with E-state index < -0.39 is 0 Å². The molecule has 1 aromatic rings. The SMILES string of the molecule is CCNCc1ccc(OCCN(C)CC2CCCO2)cc1. The second-order valence-electron chi connectivity index (χ2n) is 5.67. The van der Waals surface area contributed by atoms with Gasteiger partial charge < -0.3 is 19.7 Å². The van der Waals surface area contributed by atoms with Crippen molar-refractivity contribution < 1.29 is 9.47 Å². The zero-order valence-electron chi connectivity index (χ0n) is 13.3. The van der Waals surface area contributed by atoms with Crippen molar-refractivity contribution in [3.63, 3.8) is 0 Å². The standard InChI is InChI=1S/C17H28N2O2/c1-3-18-13-15-6-8-16(9-7-15)21-12-10-19(2)14-17-5-4-11-20-17/h6-9,17-18H,3-5,10-14H2,1-2H3. The lowest BCUT2D eigenvalue weighted by molar-refractivity contribution is 0.0771. The molecule has 0 radical (unpaired) electrons. The Hall–Kier alpha value is -1.10. The first-order valence-corrected chi connectivity index (χ1v) is 8.00. The molecule has 21 heavy (non-hydrogen) atoms. The Morgan fingerprint density at radius 2 is 2.14 bits per heavy atom. The van der Waals surface area contributed by atoms with Crippen molar-refractivity contribution in [2.75, 3.05) is 39.9 Å². The lowest BCUT2D eigenvalue weighted by Gasteiger charge is -2.20. The van der Waals surface area contributed by atoms with Gasteiger partial charge in [0.1, 0.15) is 12.4 Å². The Labute approximate surface area is 128 Å².